The summed E-state index contributed by atoms with van der Waals surface area (Å²) in [6.07, 6.45) is 0. The van der Waals surface area contributed by atoms with E-state index in [-0.39, 0.29) is 16.7 Å². The van der Waals surface area contributed by atoms with E-state index in [1.165, 1.54) is 0 Å². The fourth-order valence-corrected chi connectivity index (χ4v) is 2.61. The second-order valence-electron chi connectivity index (χ2n) is 4.97. The van der Waals surface area contributed by atoms with Crippen molar-refractivity contribution in [1.82, 2.24) is 14.7 Å². The molecule has 0 N–H and O–H groups in total. The van der Waals surface area contributed by atoms with Crippen LogP contribution >= 0.6 is 0 Å². The van der Waals surface area contributed by atoms with Gasteiger partial charge in [-0.15, -0.1) is 0 Å². The molecule has 1 aromatic rings. The van der Waals surface area contributed by atoms with Crippen LogP contribution in [-0.2, 0) is 7.05 Å². The molecule has 0 aliphatic carbocycles. The second kappa shape index (κ2) is 5.46. The fraction of sp³-hybridized carbons (Fsp3) is 0.667. The van der Waals surface area contributed by atoms with Crippen molar-refractivity contribution >= 4 is 11.5 Å². The zero-order chi connectivity index (χ0) is 14.9. The Kier molecular flexibility index (Phi) is 3.90. The lowest BCUT2D eigenvalue weighted by Gasteiger charge is -2.36. The number of aromatic nitrogens is 2. The highest BCUT2D eigenvalue weighted by molar-refractivity contribution is 5.61. The van der Waals surface area contributed by atoms with E-state index in [1.54, 1.807) is 18.7 Å². The molecule has 1 aliphatic heterocycles. The van der Waals surface area contributed by atoms with Crippen LogP contribution in [0.3, 0.4) is 0 Å². The first-order valence-electron chi connectivity index (χ1n) is 6.52. The number of nitrogens with zero attached hydrogens (tertiary/aromatic N) is 6. The summed E-state index contributed by atoms with van der Waals surface area (Å²) in [6, 6.07) is 2.09. The Labute approximate surface area is 117 Å². The summed E-state index contributed by atoms with van der Waals surface area (Å²) in [7, 11) is 1.72. The molecule has 0 saturated carbocycles. The van der Waals surface area contributed by atoms with Gasteiger partial charge in [-0.25, -0.2) is 4.68 Å². The average molecular weight is 278 g/mol. The van der Waals surface area contributed by atoms with Gasteiger partial charge in [-0.05, 0) is 13.8 Å². The van der Waals surface area contributed by atoms with E-state index in [4.69, 9.17) is 5.26 Å². The summed E-state index contributed by atoms with van der Waals surface area (Å²) in [5, 5.41) is 24.3. The third kappa shape index (κ3) is 2.44. The van der Waals surface area contributed by atoms with E-state index >= 15 is 0 Å². The van der Waals surface area contributed by atoms with Gasteiger partial charge in [-0.1, -0.05) is 0 Å². The van der Waals surface area contributed by atoms with Crippen LogP contribution in [0.4, 0.5) is 11.5 Å². The van der Waals surface area contributed by atoms with Crippen LogP contribution in [0.15, 0.2) is 0 Å². The van der Waals surface area contributed by atoms with Crippen molar-refractivity contribution in [3.8, 4) is 6.07 Å². The van der Waals surface area contributed by atoms with Gasteiger partial charge < -0.3 is 4.90 Å². The van der Waals surface area contributed by atoms with Gasteiger partial charge in [0.2, 0.25) is 5.82 Å². The molecule has 1 aromatic heterocycles. The summed E-state index contributed by atoms with van der Waals surface area (Å²) in [4.78, 5) is 14.9. The van der Waals surface area contributed by atoms with Gasteiger partial charge in [0.25, 0.3) is 0 Å². The van der Waals surface area contributed by atoms with E-state index in [0.29, 0.717) is 24.6 Å². The first-order valence-corrected chi connectivity index (χ1v) is 6.52. The molecule has 2 heterocycles. The number of nitro groups is 1. The van der Waals surface area contributed by atoms with Crippen LogP contribution in [-0.4, -0.2) is 51.8 Å². The maximum atomic E-state index is 11.2. The number of rotatable bonds is 3. The van der Waals surface area contributed by atoms with Crippen molar-refractivity contribution in [2.45, 2.75) is 19.9 Å². The number of aryl methyl sites for hydroxylation is 2. The van der Waals surface area contributed by atoms with Crippen LogP contribution in [0, 0.1) is 28.4 Å². The molecule has 1 unspecified atom stereocenters. The molecule has 1 saturated heterocycles. The Bertz CT molecular complexity index is 553. The van der Waals surface area contributed by atoms with Crippen LogP contribution in [0.2, 0.25) is 0 Å². The smallest absolute Gasteiger partial charge is 0.333 e. The standard InChI is InChI=1S/C12H18N6O2/c1-9(8-13)16-4-6-17(7-5-16)12-11(18(19)20)10(2)14-15(12)3/h9H,4-7H2,1-3H3. The largest absolute Gasteiger partial charge is 0.349 e. The Morgan fingerprint density at radius 3 is 2.50 bits per heavy atom. The van der Waals surface area contributed by atoms with Gasteiger partial charge in [0.15, 0.2) is 0 Å². The molecule has 2 rings (SSSR count). The Morgan fingerprint density at radius 2 is 2.00 bits per heavy atom. The van der Waals surface area contributed by atoms with E-state index in [2.05, 4.69) is 16.1 Å². The fourth-order valence-electron chi connectivity index (χ4n) is 2.61. The molecule has 8 nitrogen and oxygen atoms in total. The topological polar surface area (TPSA) is 91.2 Å². The Hall–Kier alpha value is -2.14. The van der Waals surface area contributed by atoms with Gasteiger partial charge in [0, 0.05) is 33.2 Å². The minimum atomic E-state index is -0.373. The zero-order valence-corrected chi connectivity index (χ0v) is 11.9. The quantitative estimate of drug-likeness (QED) is 0.596. The highest BCUT2D eigenvalue weighted by atomic mass is 16.6. The number of piperazine rings is 1. The molecule has 1 atom stereocenters. The lowest BCUT2D eigenvalue weighted by molar-refractivity contribution is -0.384. The van der Waals surface area contributed by atoms with Gasteiger partial charge in [0.05, 0.1) is 17.0 Å². The first-order chi connectivity index (χ1) is 9.45. The minimum absolute atomic E-state index is 0.0780. The van der Waals surface area contributed by atoms with Gasteiger partial charge in [-0.2, -0.15) is 10.4 Å². The summed E-state index contributed by atoms with van der Waals surface area (Å²) in [6.45, 7) is 6.27. The molecule has 108 valence electrons. The summed E-state index contributed by atoms with van der Waals surface area (Å²) < 4.78 is 1.57. The molecule has 1 fully saturated rings. The summed E-state index contributed by atoms with van der Waals surface area (Å²) >= 11 is 0. The number of hydrogen-bond acceptors (Lipinski definition) is 6. The van der Waals surface area contributed by atoms with Gasteiger partial charge in [-0.3, -0.25) is 15.0 Å². The molecule has 0 bridgehead atoms. The van der Waals surface area contributed by atoms with Crippen molar-refractivity contribution in [3.63, 3.8) is 0 Å². The third-order valence-corrected chi connectivity index (χ3v) is 3.69. The van der Waals surface area contributed by atoms with E-state index in [0.717, 1.165) is 13.1 Å². The van der Waals surface area contributed by atoms with Crippen LogP contribution in [0.25, 0.3) is 0 Å². The Balaban J connectivity index is 2.19. The molecule has 0 aromatic carbocycles. The molecule has 20 heavy (non-hydrogen) atoms. The van der Waals surface area contributed by atoms with Gasteiger partial charge >= 0.3 is 5.69 Å². The van der Waals surface area contributed by atoms with Crippen molar-refractivity contribution in [1.29, 1.82) is 5.26 Å². The summed E-state index contributed by atoms with van der Waals surface area (Å²) in [5.41, 5.74) is 0.509. The average Bonchev–Trinajstić information content (AvgIpc) is 2.72. The van der Waals surface area contributed by atoms with Gasteiger partial charge in [0.1, 0.15) is 5.69 Å². The SMILES string of the molecule is Cc1nn(C)c(N2CCN(C(C)C#N)CC2)c1[N+](=O)[O-]. The molecular weight excluding hydrogens is 260 g/mol. The normalized spacial score (nSPS) is 17.8. The van der Waals surface area contributed by atoms with Crippen LogP contribution < -0.4 is 4.90 Å². The van der Waals surface area contributed by atoms with E-state index in [9.17, 15) is 10.1 Å². The lowest BCUT2D eigenvalue weighted by atomic mass is 10.2. The maximum Gasteiger partial charge on any atom is 0.333 e. The minimum Gasteiger partial charge on any atom is -0.349 e. The van der Waals surface area contributed by atoms with Crippen molar-refractivity contribution in [3.05, 3.63) is 15.8 Å². The highest BCUT2D eigenvalue weighted by Crippen LogP contribution is 2.31. The number of hydrogen-bond donors (Lipinski definition) is 0. The maximum absolute atomic E-state index is 11.2. The van der Waals surface area contributed by atoms with E-state index in [1.807, 2.05) is 11.8 Å². The molecule has 0 spiro atoms. The zero-order valence-electron chi connectivity index (χ0n) is 11.9. The van der Waals surface area contributed by atoms with E-state index < -0.39 is 0 Å². The summed E-state index contributed by atoms with van der Waals surface area (Å²) in [5.74, 6) is 0.553. The highest BCUT2D eigenvalue weighted by Gasteiger charge is 2.31. The van der Waals surface area contributed by atoms with Crippen LogP contribution in [0.1, 0.15) is 12.6 Å². The molecule has 8 heteroatoms. The predicted molar refractivity (Wildman–Crippen MR) is 73.5 cm³/mol. The number of nitriles is 1. The van der Waals surface area contributed by atoms with Crippen molar-refractivity contribution < 1.29 is 4.92 Å². The number of anilines is 1. The molecule has 1 aliphatic rings. The van der Waals surface area contributed by atoms with Crippen LogP contribution in [0.5, 0.6) is 0 Å². The molecule has 0 radical (unpaired) electrons. The second-order valence-corrected chi connectivity index (χ2v) is 4.97. The van der Waals surface area contributed by atoms with Crippen molar-refractivity contribution in [2.75, 3.05) is 31.1 Å². The Morgan fingerprint density at radius 1 is 1.40 bits per heavy atom. The lowest BCUT2D eigenvalue weighted by Crippen LogP contribution is -2.49. The predicted octanol–water partition coefficient (Wildman–Crippen LogP) is 0.671. The first kappa shape index (κ1) is 14.3. The third-order valence-electron chi connectivity index (χ3n) is 3.69. The molecular formula is C12H18N6O2. The monoisotopic (exact) mass is 278 g/mol. The van der Waals surface area contributed by atoms with Crippen molar-refractivity contribution in [2.24, 2.45) is 7.05 Å². The molecule has 0 amide bonds.